The van der Waals surface area contributed by atoms with Crippen molar-refractivity contribution in [1.82, 2.24) is 10.2 Å². The molecule has 0 heterocycles. The van der Waals surface area contributed by atoms with Crippen LogP contribution >= 0.6 is 23.2 Å². The molecule has 4 aromatic rings. The third-order valence-electron chi connectivity index (χ3n) is 7.24. The second-order valence-corrected chi connectivity index (χ2v) is 14.0. The summed E-state index contributed by atoms with van der Waals surface area (Å²) in [5, 5.41) is 3.72. The fraction of sp³-hybridized carbons (Fsp3) is 0.257. The third kappa shape index (κ3) is 9.10. The number of anilines is 1. The molecule has 0 bridgehead atoms. The van der Waals surface area contributed by atoms with Crippen molar-refractivity contribution in [2.45, 2.75) is 44.7 Å². The number of halogens is 2. The Kier molecular flexibility index (Phi) is 11.7. The summed E-state index contributed by atoms with van der Waals surface area (Å²) >= 11 is 12.8. The molecule has 0 aliphatic carbocycles. The number of aryl methyl sites for hydroxylation is 1. The van der Waals surface area contributed by atoms with Crippen LogP contribution < -0.4 is 9.62 Å². The average molecular weight is 667 g/mol. The highest BCUT2D eigenvalue weighted by Gasteiger charge is 2.35. The van der Waals surface area contributed by atoms with Crippen molar-refractivity contribution < 1.29 is 18.0 Å². The van der Waals surface area contributed by atoms with Crippen LogP contribution in [-0.4, -0.2) is 44.3 Å². The van der Waals surface area contributed by atoms with Gasteiger partial charge in [0.25, 0.3) is 10.0 Å². The normalized spacial score (nSPS) is 12.0. The van der Waals surface area contributed by atoms with Crippen molar-refractivity contribution in [3.63, 3.8) is 0 Å². The second-order valence-electron chi connectivity index (χ2n) is 11.3. The van der Waals surface area contributed by atoms with E-state index in [9.17, 15) is 18.0 Å². The lowest BCUT2D eigenvalue weighted by atomic mass is 10.0. The van der Waals surface area contributed by atoms with E-state index in [1.807, 2.05) is 51.1 Å². The van der Waals surface area contributed by atoms with Crippen LogP contribution in [0.5, 0.6) is 0 Å². The van der Waals surface area contributed by atoms with Gasteiger partial charge in [-0.05, 0) is 60.4 Å². The first-order valence-electron chi connectivity index (χ1n) is 14.6. The minimum atomic E-state index is -4.22. The van der Waals surface area contributed by atoms with Gasteiger partial charge in [-0.15, -0.1) is 0 Å². The van der Waals surface area contributed by atoms with Gasteiger partial charge in [0.15, 0.2) is 0 Å². The molecule has 1 atom stereocenters. The van der Waals surface area contributed by atoms with Gasteiger partial charge in [-0.25, -0.2) is 8.42 Å². The zero-order chi connectivity index (χ0) is 32.6. The topological polar surface area (TPSA) is 86.8 Å². The fourth-order valence-corrected chi connectivity index (χ4v) is 6.57. The summed E-state index contributed by atoms with van der Waals surface area (Å²) in [4.78, 5) is 29.8. The highest BCUT2D eigenvalue weighted by atomic mass is 35.5. The van der Waals surface area contributed by atoms with Crippen LogP contribution in [0.25, 0.3) is 0 Å². The highest BCUT2D eigenvalue weighted by molar-refractivity contribution is 7.92. The summed E-state index contributed by atoms with van der Waals surface area (Å²) < 4.78 is 29.3. The largest absolute Gasteiger partial charge is 0.354 e. The zero-order valence-corrected chi connectivity index (χ0v) is 27.8. The molecule has 10 heteroatoms. The van der Waals surface area contributed by atoms with Crippen molar-refractivity contribution in [2.75, 3.05) is 17.4 Å². The minimum Gasteiger partial charge on any atom is -0.354 e. The van der Waals surface area contributed by atoms with E-state index in [4.69, 9.17) is 23.2 Å². The SMILES string of the molecule is Cc1ccc(S(=O)(=O)N(CC(=O)N(Cc2ccccc2Cl)[C@H](Cc2ccccc2)C(=O)NCC(C)C)c2cccc(Cl)c2)cc1. The molecule has 4 rings (SSSR count). The van der Waals surface area contributed by atoms with Crippen molar-refractivity contribution in [3.8, 4) is 0 Å². The summed E-state index contributed by atoms with van der Waals surface area (Å²) in [5.74, 6) is -0.744. The Morgan fingerprint density at radius 1 is 0.844 bits per heavy atom. The van der Waals surface area contributed by atoms with Gasteiger partial charge in [0.05, 0.1) is 10.6 Å². The molecular weight excluding hydrogens is 629 g/mol. The van der Waals surface area contributed by atoms with Crippen LogP contribution in [-0.2, 0) is 32.6 Å². The van der Waals surface area contributed by atoms with Gasteiger partial charge in [-0.1, -0.05) is 109 Å². The number of rotatable bonds is 13. The molecule has 236 valence electrons. The summed E-state index contributed by atoms with van der Waals surface area (Å²) in [5.41, 5.74) is 2.58. The number of carbonyl (C=O) groups is 2. The average Bonchev–Trinajstić information content (AvgIpc) is 3.01. The van der Waals surface area contributed by atoms with Crippen LogP contribution in [0.4, 0.5) is 5.69 Å². The predicted octanol–water partition coefficient (Wildman–Crippen LogP) is 6.91. The van der Waals surface area contributed by atoms with E-state index in [1.165, 1.54) is 23.1 Å². The first-order valence-corrected chi connectivity index (χ1v) is 16.8. The summed E-state index contributed by atoms with van der Waals surface area (Å²) in [6.45, 7) is 5.64. The molecule has 0 fully saturated rings. The van der Waals surface area contributed by atoms with Gasteiger partial charge in [-0.2, -0.15) is 0 Å². The number of benzene rings is 4. The molecule has 1 N–H and O–H groups in total. The first kappa shape index (κ1) is 34.0. The molecule has 0 radical (unpaired) electrons. The van der Waals surface area contributed by atoms with Crippen LogP contribution in [0, 0.1) is 12.8 Å². The number of nitrogens with one attached hydrogen (secondary N) is 1. The van der Waals surface area contributed by atoms with Gasteiger partial charge < -0.3 is 10.2 Å². The van der Waals surface area contributed by atoms with Gasteiger partial charge in [0, 0.05) is 29.6 Å². The Hall–Kier alpha value is -3.85. The Morgan fingerprint density at radius 2 is 1.51 bits per heavy atom. The number of amides is 2. The first-order chi connectivity index (χ1) is 21.5. The third-order valence-corrected chi connectivity index (χ3v) is 9.63. The van der Waals surface area contributed by atoms with E-state index in [0.717, 1.165) is 15.4 Å². The van der Waals surface area contributed by atoms with Crippen molar-refractivity contribution in [1.29, 1.82) is 0 Å². The Morgan fingerprint density at radius 3 is 2.16 bits per heavy atom. The van der Waals surface area contributed by atoms with Crippen LogP contribution in [0.2, 0.25) is 10.0 Å². The lowest BCUT2D eigenvalue weighted by Gasteiger charge is -2.34. The molecule has 45 heavy (non-hydrogen) atoms. The quantitative estimate of drug-likeness (QED) is 0.168. The predicted molar refractivity (Wildman–Crippen MR) is 181 cm³/mol. The van der Waals surface area contributed by atoms with E-state index >= 15 is 0 Å². The lowest BCUT2D eigenvalue weighted by Crippen LogP contribution is -2.53. The lowest BCUT2D eigenvalue weighted by molar-refractivity contribution is -0.140. The summed E-state index contributed by atoms with van der Waals surface area (Å²) in [6.07, 6.45) is 0.211. The van der Waals surface area contributed by atoms with Gasteiger partial charge >= 0.3 is 0 Å². The Bertz CT molecular complexity index is 1710. The Balaban J connectivity index is 1.81. The molecule has 4 aromatic carbocycles. The maximum absolute atomic E-state index is 14.5. The molecular formula is C35H37Cl2N3O4S. The van der Waals surface area contributed by atoms with Crippen LogP contribution in [0.3, 0.4) is 0 Å². The van der Waals surface area contributed by atoms with E-state index in [-0.39, 0.29) is 35.4 Å². The molecule has 2 amide bonds. The van der Waals surface area contributed by atoms with Crippen molar-refractivity contribution in [3.05, 3.63) is 130 Å². The standard InChI is InChI=1S/C35H37Cl2N3O4S/c1-25(2)22-38-35(42)33(20-27-10-5-4-6-11-27)39(23-28-12-7-8-15-32(28)37)34(41)24-40(30-14-9-13-29(36)21-30)45(43,44)31-18-16-26(3)17-19-31/h4-19,21,25,33H,20,22-24H2,1-3H3,(H,38,42)/t33-/m1/s1. The van der Waals surface area contributed by atoms with Gasteiger partial charge in [-0.3, -0.25) is 13.9 Å². The second kappa shape index (κ2) is 15.4. The zero-order valence-electron chi connectivity index (χ0n) is 25.5. The van der Waals surface area contributed by atoms with Crippen molar-refractivity contribution in [2.24, 2.45) is 5.92 Å². The van der Waals surface area contributed by atoms with Crippen molar-refractivity contribution >= 4 is 50.7 Å². The maximum atomic E-state index is 14.5. The number of carbonyl (C=O) groups excluding carboxylic acids is 2. The molecule has 0 spiro atoms. The molecule has 0 aromatic heterocycles. The molecule has 7 nitrogen and oxygen atoms in total. The van der Waals surface area contributed by atoms with E-state index in [0.29, 0.717) is 22.2 Å². The van der Waals surface area contributed by atoms with Gasteiger partial charge in [0.1, 0.15) is 12.6 Å². The minimum absolute atomic E-state index is 0.0148. The van der Waals surface area contributed by atoms with E-state index in [1.54, 1.807) is 54.6 Å². The molecule has 0 saturated carbocycles. The fourth-order valence-electron chi connectivity index (χ4n) is 4.78. The Labute approximate surface area is 275 Å². The number of nitrogens with zero attached hydrogens (tertiary/aromatic N) is 2. The van der Waals surface area contributed by atoms with Crippen LogP contribution in [0.1, 0.15) is 30.5 Å². The molecule has 0 aliphatic rings. The highest BCUT2D eigenvalue weighted by Crippen LogP contribution is 2.28. The molecule has 0 unspecified atom stereocenters. The number of hydrogen-bond donors (Lipinski definition) is 1. The van der Waals surface area contributed by atoms with Gasteiger partial charge in [0.2, 0.25) is 11.8 Å². The smallest absolute Gasteiger partial charge is 0.264 e. The maximum Gasteiger partial charge on any atom is 0.264 e. The van der Waals surface area contributed by atoms with Crippen LogP contribution in [0.15, 0.2) is 108 Å². The molecule has 0 aliphatic heterocycles. The monoisotopic (exact) mass is 665 g/mol. The number of sulfonamides is 1. The summed E-state index contributed by atoms with van der Waals surface area (Å²) in [6, 6.07) is 28.3. The summed E-state index contributed by atoms with van der Waals surface area (Å²) in [7, 11) is -4.22. The number of hydrogen-bond acceptors (Lipinski definition) is 4. The van der Waals surface area contributed by atoms with E-state index in [2.05, 4.69) is 5.32 Å². The molecule has 0 saturated heterocycles. The van der Waals surface area contributed by atoms with E-state index < -0.39 is 28.5 Å².